The molecule has 0 bridgehead atoms. The SMILES string of the molecule is C#CC(CC)n1ccc2c1CC(C)(C)CC2=O. The van der Waals surface area contributed by atoms with Gasteiger partial charge in [0.1, 0.15) is 0 Å². The number of carbonyl (C=O) groups excluding carboxylic acids is 1. The molecule has 90 valence electrons. The van der Waals surface area contributed by atoms with Crippen molar-refractivity contribution in [3.63, 3.8) is 0 Å². The molecule has 2 rings (SSSR count). The lowest BCUT2D eigenvalue weighted by Crippen LogP contribution is -2.28. The van der Waals surface area contributed by atoms with E-state index in [9.17, 15) is 4.79 Å². The molecular formula is C15H19NO. The Morgan fingerprint density at radius 1 is 1.53 bits per heavy atom. The van der Waals surface area contributed by atoms with Crippen LogP contribution in [0.3, 0.4) is 0 Å². The van der Waals surface area contributed by atoms with E-state index in [1.807, 2.05) is 12.3 Å². The third kappa shape index (κ3) is 2.02. The number of fused-ring (bicyclic) bond motifs is 1. The Hall–Kier alpha value is -1.49. The number of hydrogen-bond donors (Lipinski definition) is 0. The lowest BCUT2D eigenvalue weighted by atomic mass is 9.76. The van der Waals surface area contributed by atoms with Crippen molar-refractivity contribution in [2.75, 3.05) is 0 Å². The highest BCUT2D eigenvalue weighted by atomic mass is 16.1. The van der Waals surface area contributed by atoms with Gasteiger partial charge in [-0.3, -0.25) is 4.79 Å². The predicted octanol–water partition coefficient (Wildman–Crippen LogP) is 3.23. The van der Waals surface area contributed by atoms with Crippen molar-refractivity contribution in [2.45, 2.75) is 46.1 Å². The number of rotatable bonds is 2. The molecule has 0 N–H and O–H groups in total. The Morgan fingerprint density at radius 2 is 2.24 bits per heavy atom. The predicted molar refractivity (Wildman–Crippen MR) is 69.0 cm³/mol. The first-order chi connectivity index (χ1) is 7.98. The molecule has 1 aliphatic rings. The van der Waals surface area contributed by atoms with Crippen LogP contribution in [0.25, 0.3) is 0 Å². The van der Waals surface area contributed by atoms with Crippen molar-refractivity contribution in [3.05, 3.63) is 23.5 Å². The summed E-state index contributed by atoms with van der Waals surface area (Å²) >= 11 is 0. The van der Waals surface area contributed by atoms with E-state index in [-0.39, 0.29) is 17.2 Å². The summed E-state index contributed by atoms with van der Waals surface area (Å²) < 4.78 is 2.11. The minimum absolute atomic E-state index is 0.0487. The highest BCUT2D eigenvalue weighted by molar-refractivity contribution is 5.98. The molecule has 0 aliphatic heterocycles. The van der Waals surface area contributed by atoms with Gasteiger partial charge >= 0.3 is 0 Å². The van der Waals surface area contributed by atoms with Crippen molar-refractivity contribution in [2.24, 2.45) is 5.41 Å². The van der Waals surface area contributed by atoms with Gasteiger partial charge in [-0.25, -0.2) is 0 Å². The molecule has 1 atom stereocenters. The van der Waals surface area contributed by atoms with Gasteiger partial charge in [-0.1, -0.05) is 26.7 Å². The topological polar surface area (TPSA) is 22.0 Å². The normalized spacial score (nSPS) is 19.5. The van der Waals surface area contributed by atoms with Crippen molar-refractivity contribution in [1.82, 2.24) is 4.57 Å². The van der Waals surface area contributed by atoms with Crippen LogP contribution in [0.5, 0.6) is 0 Å². The number of carbonyl (C=O) groups is 1. The van der Waals surface area contributed by atoms with Crippen LogP contribution in [-0.4, -0.2) is 10.4 Å². The Labute approximate surface area is 103 Å². The summed E-state index contributed by atoms with van der Waals surface area (Å²) in [5.74, 6) is 3.05. The molecule has 0 spiro atoms. The molecule has 0 saturated heterocycles. The second-order valence-electron chi connectivity index (χ2n) is 5.62. The van der Waals surface area contributed by atoms with Gasteiger partial charge in [0, 0.05) is 23.9 Å². The maximum atomic E-state index is 12.0. The molecule has 2 nitrogen and oxygen atoms in total. The van der Waals surface area contributed by atoms with Gasteiger partial charge < -0.3 is 4.57 Å². The van der Waals surface area contributed by atoms with E-state index < -0.39 is 0 Å². The maximum Gasteiger partial charge on any atom is 0.165 e. The van der Waals surface area contributed by atoms with Gasteiger partial charge in [-0.15, -0.1) is 6.42 Å². The zero-order chi connectivity index (χ0) is 12.6. The number of Topliss-reactive ketones (excluding diaryl/α,β-unsaturated/α-hetero) is 1. The molecule has 17 heavy (non-hydrogen) atoms. The molecule has 0 saturated carbocycles. The Morgan fingerprint density at radius 3 is 2.82 bits per heavy atom. The number of aromatic nitrogens is 1. The van der Waals surface area contributed by atoms with Crippen LogP contribution < -0.4 is 0 Å². The molecule has 1 aliphatic carbocycles. The van der Waals surface area contributed by atoms with Crippen LogP contribution in [-0.2, 0) is 6.42 Å². The quantitative estimate of drug-likeness (QED) is 0.714. The van der Waals surface area contributed by atoms with Crippen LogP contribution in [0.1, 0.15) is 55.7 Å². The fourth-order valence-electron chi connectivity index (χ4n) is 2.65. The number of nitrogens with zero attached hydrogens (tertiary/aromatic N) is 1. The summed E-state index contributed by atoms with van der Waals surface area (Å²) in [6, 6.07) is 1.99. The van der Waals surface area contributed by atoms with E-state index in [1.165, 1.54) is 0 Å². The van der Waals surface area contributed by atoms with E-state index in [1.54, 1.807) is 0 Å². The second kappa shape index (κ2) is 4.07. The molecule has 0 radical (unpaired) electrons. The standard InChI is InChI=1S/C15H19NO/c1-5-11(6-2)16-8-7-12-13(16)9-15(3,4)10-14(12)17/h1,7-8,11H,6,9-10H2,2-4H3. The van der Waals surface area contributed by atoms with E-state index in [0.717, 1.165) is 24.1 Å². The second-order valence-corrected chi connectivity index (χ2v) is 5.62. The summed E-state index contributed by atoms with van der Waals surface area (Å²) in [6.45, 7) is 6.36. The monoisotopic (exact) mass is 229 g/mol. The van der Waals surface area contributed by atoms with Crippen LogP contribution >= 0.6 is 0 Å². The molecule has 1 unspecified atom stereocenters. The zero-order valence-electron chi connectivity index (χ0n) is 10.8. The first-order valence-corrected chi connectivity index (χ1v) is 6.17. The van der Waals surface area contributed by atoms with E-state index in [2.05, 4.69) is 31.3 Å². The number of hydrogen-bond acceptors (Lipinski definition) is 1. The van der Waals surface area contributed by atoms with Crippen LogP contribution in [0.15, 0.2) is 12.3 Å². The van der Waals surface area contributed by atoms with Gasteiger partial charge in [0.2, 0.25) is 0 Å². The average Bonchev–Trinajstić information content (AvgIpc) is 2.62. The Bertz CT molecular complexity index is 488. The highest BCUT2D eigenvalue weighted by Gasteiger charge is 2.33. The average molecular weight is 229 g/mol. The molecule has 1 aromatic rings. The number of terminal acetylenes is 1. The maximum absolute atomic E-state index is 12.0. The van der Waals surface area contributed by atoms with Crippen molar-refractivity contribution < 1.29 is 4.79 Å². The minimum Gasteiger partial charge on any atom is -0.337 e. The first kappa shape index (κ1) is 12.0. The largest absolute Gasteiger partial charge is 0.337 e. The summed E-state index contributed by atoms with van der Waals surface area (Å²) in [7, 11) is 0. The zero-order valence-corrected chi connectivity index (χ0v) is 10.8. The minimum atomic E-state index is 0.0487. The van der Waals surface area contributed by atoms with Crippen LogP contribution in [0.2, 0.25) is 0 Å². The summed E-state index contributed by atoms with van der Waals surface area (Å²) in [4.78, 5) is 12.0. The smallest absolute Gasteiger partial charge is 0.165 e. The lowest BCUT2D eigenvalue weighted by molar-refractivity contribution is 0.0909. The van der Waals surface area contributed by atoms with Gasteiger partial charge in [0.25, 0.3) is 0 Å². The van der Waals surface area contributed by atoms with E-state index in [0.29, 0.717) is 6.42 Å². The van der Waals surface area contributed by atoms with Crippen molar-refractivity contribution in [3.8, 4) is 12.3 Å². The molecule has 2 heteroatoms. The van der Waals surface area contributed by atoms with Gasteiger partial charge in [-0.05, 0) is 24.3 Å². The van der Waals surface area contributed by atoms with Crippen LogP contribution in [0, 0.1) is 17.8 Å². The number of ketones is 1. The van der Waals surface area contributed by atoms with Gasteiger partial charge in [0.05, 0.1) is 6.04 Å². The molecule has 0 fully saturated rings. The molecule has 0 aromatic carbocycles. The summed E-state index contributed by atoms with van der Waals surface area (Å²) in [5, 5.41) is 0. The first-order valence-electron chi connectivity index (χ1n) is 6.17. The third-order valence-corrected chi connectivity index (χ3v) is 3.52. The van der Waals surface area contributed by atoms with E-state index in [4.69, 9.17) is 6.42 Å². The Balaban J connectivity index is 2.48. The molecular weight excluding hydrogens is 210 g/mol. The Kier molecular flexibility index (Phi) is 2.87. The van der Waals surface area contributed by atoms with E-state index >= 15 is 0 Å². The summed E-state index contributed by atoms with van der Waals surface area (Å²) in [6.07, 6.45) is 9.99. The third-order valence-electron chi connectivity index (χ3n) is 3.52. The van der Waals surface area contributed by atoms with Crippen molar-refractivity contribution >= 4 is 5.78 Å². The van der Waals surface area contributed by atoms with Gasteiger partial charge in [0.15, 0.2) is 5.78 Å². The summed E-state index contributed by atoms with van der Waals surface area (Å²) in [5.41, 5.74) is 2.04. The fourth-order valence-corrected chi connectivity index (χ4v) is 2.65. The molecule has 1 heterocycles. The lowest BCUT2D eigenvalue weighted by Gasteiger charge is -2.30. The van der Waals surface area contributed by atoms with Crippen LogP contribution in [0.4, 0.5) is 0 Å². The highest BCUT2D eigenvalue weighted by Crippen LogP contribution is 2.36. The fraction of sp³-hybridized carbons (Fsp3) is 0.533. The van der Waals surface area contributed by atoms with Gasteiger partial charge in [-0.2, -0.15) is 0 Å². The van der Waals surface area contributed by atoms with Crippen molar-refractivity contribution in [1.29, 1.82) is 0 Å². The molecule has 1 aromatic heterocycles. The molecule has 0 amide bonds.